The third kappa shape index (κ3) is 1.83. The number of H-pyrrole nitrogens is 1. The molecule has 3 aromatic rings. The van der Waals surface area contributed by atoms with Gasteiger partial charge < -0.3 is 10.7 Å². The van der Waals surface area contributed by atoms with Crippen LogP contribution in [0.3, 0.4) is 0 Å². The SMILES string of the molecule is Nc1nc(-c2ccc[nH]2)c(-c2ccccc2)s1. The summed E-state index contributed by atoms with van der Waals surface area (Å²) in [6.07, 6.45) is 1.89. The number of hydrogen-bond donors (Lipinski definition) is 2. The molecule has 0 saturated carbocycles. The molecule has 3 rings (SSSR count). The first-order valence-electron chi connectivity index (χ1n) is 5.30. The molecule has 0 atom stereocenters. The standard InChI is InChI=1S/C13H11N3S/c14-13-16-11(10-7-4-8-15-10)12(17-13)9-5-2-1-3-6-9/h1-8,15H,(H2,14,16). The maximum Gasteiger partial charge on any atom is 0.181 e. The van der Waals surface area contributed by atoms with Crippen molar-refractivity contribution in [3.05, 3.63) is 48.7 Å². The topological polar surface area (TPSA) is 54.7 Å². The van der Waals surface area contributed by atoms with Gasteiger partial charge in [-0.05, 0) is 17.7 Å². The van der Waals surface area contributed by atoms with Gasteiger partial charge in [0.25, 0.3) is 0 Å². The van der Waals surface area contributed by atoms with E-state index in [4.69, 9.17) is 5.73 Å². The summed E-state index contributed by atoms with van der Waals surface area (Å²) in [6, 6.07) is 14.1. The zero-order valence-corrected chi connectivity index (χ0v) is 9.87. The summed E-state index contributed by atoms with van der Waals surface area (Å²) in [7, 11) is 0. The molecule has 3 nitrogen and oxygen atoms in total. The molecule has 0 saturated heterocycles. The van der Waals surface area contributed by atoms with Gasteiger partial charge in [-0.1, -0.05) is 41.7 Å². The van der Waals surface area contributed by atoms with Crippen LogP contribution < -0.4 is 5.73 Å². The number of rotatable bonds is 2. The third-order valence-corrected chi connectivity index (χ3v) is 3.47. The predicted molar refractivity (Wildman–Crippen MR) is 71.7 cm³/mol. The first-order chi connectivity index (χ1) is 8.34. The van der Waals surface area contributed by atoms with Gasteiger partial charge in [-0.15, -0.1) is 0 Å². The molecule has 2 heterocycles. The highest BCUT2D eigenvalue weighted by Crippen LogP contribution is 2.36. The van der Waals surface area contributed by atoms with Crippen molar-refractivity contribution < 1.29 is 0 Å². The zero-order chi connectivity index (χ0) is 11.7. The van der Waals surface area contributed by atoms with Gasteiger partial charge in [0, 0.05) is 6.20 Å². The highest BCUT2D eigenvalue weighted by atomic mass is 32.1. The fourth-order valence-electron chi connectivity index (χ4n) is 1.78. The molecular formula is C13H11N3S. The van der Waals surface area contributed by atoms with E-state index < -0.39 is 0 Å². The van der Waals surface area contributed by atoms with E-state index in [2.05, 4.69) is 22.1 Å². The van der Waals surface area contributed by atoms with Crippen molar-refractivity contribution in [1.82, 2.24) is 9.97 Å². The molecule has 0 aliphatic heterocycles. The van der Waals surface area contributed by atoms with Gasteiger partial charge in [0.05, 0.1) is 10.6 Å². The maximum atomic E-state index is 5.82. The number of nitrogens with two attached hydrogens (primary N) is 1. The zero-order valence-electron chi connectivity index (χ0n) is 9.05. The molecule has 0 fully saturated rings. The Morgan fingerprint density at radius 2 is 1.88 bits per heavy atom. The van der Waals surface area contributed by atoms with E-state index in [1.165, 1.54) is 11.3 Å². The normalized spacial score (nSPS) is 10.6. The number of aromatic nitrogens is 2. The van der Waals surface area contributed by atoms with Crippen molar-refractivity contribution in [3.63, 3.8) is 0 Å². The van der Waals surface area contributed by atoms with Crippen LogP contribution in [-0.4, -0.2) is 9.97 Å². The van der Waals surface area contributed by atoms with Crippen LogP contribution in [0.2, 0.25) is 0 Å². The molecule has 0 amide bonds. The van der Waals surface area contributed by atoms with E-state index in [0.717, 1.165) is 21.8 Å². The van der Waals surface area contributed by atoms with Gasteiger partial charge in [-0.25, -0.2) is 4.98 Å². The lowest BCUT2D eigenvalue weighted by atomic mass is 10.1. The first-order valence-corrected chi connectivity index (χ1v) is 6.12. The smallest absolute Gasteiger partial charge is 0.181 e. The Kier molecular flexibility index (Phi) is 2.42. The molecular weight excluding hydrogens is 230 g/mol. The number of benzene rings is 1. The van der Waals surface area contributed by atoms with Crippen molar-refractivity contribution >= 4 is 16.5 Å². The molecule has 0 spiro atoms. The van der Waals surface area contributed by atoms with E-state index >= 15 is 0 Å². The Morgan fingerprint density at radius 3 is 2.59 bits per heavy atom. The van der Waals surface area contributed by atoms with Gasteiger partial charge in [-0.2, -0.15) is 0 Å². The van der Waals surface area contributed by atoms with Crippen molar-refractivity contribution in [2.75, 3.05) is 5.73 Å². The van der Waals surface area contributed by atoms with Gasteiger partial charge in [0.15, 0.2) is 5.13 Å². The van der Waals surface area contributed by atoms with Crippen molar-refractivity contribution in [3.8, 4) is 21.8 Å². The van der Waals surface area contributed by atoms with Crippen molar-refractivity contribution in [2.45, 2.75) is 0 Å². The molecule has 0 aliphatic rings. The number of hydrogen-bond acceptors (Lipinski definition) is 3. The Labute approximate surface area is 103 Å². The van der Waals surface area contributed by atoms with Gasteiger partial charge in [0.1, 0.15) is 5.69 Å². The molecule has 4 heteroatoms. The maximum absolute atomic E-state index is 5.82. The fourth-order valence-corrected chi connectivity index (χ4v) is 2.63. The van der Waals surface area contributed by atoms with Crippen LogP contribution in [0, 0.1) is 0 Å². The second-order valence-electron chi connectivity index (χ2n) is 3.68. The van der Waals surface area contributed by atoms with E-state index in [-0.39, 0.29) is 0 Å². The van der Waals surface area contributed by atoms with Crippen LogP contribution in [0.5, 0.6) is 0 Å². The first kappa shape index (κ1) is 10.1. The van der Waals surface area contributed by atoms with Crippen molar-refractivity contribution in [1.29, 1.82) is 0 Å². The van der Waals surface area contributed by atoms with Gasteiger partial charge in [0.2, 0.25) is 0 Å². The molecule has 17 heavy (non-hydrogen) atoms. The number of thiazole rings is 1. The van der Waals surface area contributed by atoms with E-state index in [9.17, 15) is 0 Å². The summed E-state index contributed by atoms with van der Waals surface area (Å²) in [5.41, 5.74) is 8.88. The second kappa shape index (κ2) is 4.07. The summed E-state index contributed by atoms with van der Waals surface area (Å²) >= 11 is 1.51. The Hall–Kier alpha value is -2.07. The minimum atomic E-state index is 0.591. The quantitative estimate of drug-likeness (QED) is 0.722. The highest BCUT2D eigenvalue weighted by molar-refractivity contribution is 7.19. The van der Waals surface area contributed by atoms with Crippen LogP contribution in [0.4, 0.5) is 5.13 Å². The monoisotopic (exact) mass is 241 g/mol. The summed E-state index contributed by atoms with van der Waals surface area (Å²) in [6.45, 7) is 0. The molecule has 1 aromatic carbocycles. The Bertz CT molecular complexity index is 611. The molecule has 0 unspecified atom stereocenters. The lowest BCUT2D eigenvalue weighted by molar-refractivity contribution is 1.33. The highest BCUT2D eigenvalue weighted by Gasteiger charge is 2.13. The van der Waals surface area contributed by atoms with E-state index in [0.29, 0.717) is 5.13 Å². The second-order valence-corrected chi connectivity index (χ2v) is 4.71. The molecule has 2 aromatic heterocycles. The Morgan fingerprint density at radius 1 is 1.06 bits per heavy atom. The average Bonchev–Trinajstić information content (AvgIpc) is 2.98. The number of nitrogens with zero attached hydrogens (tertiary/aromatic N) is 1. The summed E-state index contributed by atoms with van der Waals surface area (Å²) in [5.74, 6) is 0. The molecule has 0 bridgehead atoms. The summed E-state index contributed by atoms with van der Waals surface area (Å²) in [4.78, 5) is 8.66. The van der Waals surface area contributed by atoms with Crippen LogP contribution in [-0.2, 0) is 0 Å². The van der Waals surface area contributed by atoms with E-state index in [1.54, 1.807) is 0 Å². The largest absolute Gasteiger partial charge is 0.375 e. The summed E-state index contributed by atoms with van der Waals surface area (Å²) < 4.78 is 0. The lowest BCUT2D eigenvalue weighted by Crippen LogP contribution is -1.84. The number of anilines is 1. The molecule has 84 valence electrons. The average molecular weight is 241 g/mol. The van der Waals surface area contributed by atoms with Crippen LogP contribution in [0.1, 0.15) is 0 Å². The number of nitrogens with one attached hydrogen (secondary N) is 1. The fraction of sp³-hybridized carbons (Fsp3) is 0. The van der Waals surface area contributed by atoms with Gasteiger partial charge in [-0.3, -0.25) is 0 Å². The van der Waals surface area contributed by atoms with E-state index in [1.807, 2.05) is 36.5 Å². The predicted octanol–water partition coefficient (Wildman–Crippen LogP) is 3.39. The minimum Gasteiger partial charge on any atom is -0.375 e. The van der Waals surface area contributed by atoms with Gasteiger partial charge >= 0.3 is 0 Å². The number of aromatic amines is 1. The minimum absolute atomic E-state index is 0.591. The lowest BCUT2D eigenvalue weighted by Gasteiger charge is -1.99. The van der Waals surface area contributed by atoms with Crippen molar-refractivity contribution in [2.24, 2.45) is 0 Å². The van der Waals surface area contributed by atoms with Crippen LogP contribution >= 0.6 is 11.3 Å². The number of nitrogen functional groups attached to an aromatic ring is 1. The van der Waals surface area contributed by atoms with Crippen LogP contribution in [0.25, 0.3) is 21.8 Å². The Balaban J connectivity index is 2.18. The molecule has 0 aliphatic carbocycles. The van der Waals surface area contributed by atoms with Crippen LogP contribution in [0.15, 0.2) is 48.7 Å². The molecule has 3 N–H and O–H groups in total. The third-order valence-electron chi connectivity index (χ3n) is 2.53. The summed E-state index contributed by atoms with van der Waals surface area (Å²) in [5, 5.41) is 0.591. The molecule has 0 radical (unpaired) electrons.